The van der Waals surface area contributed by atoms with Gasteiger partial charge in [-0.25, -0.2) is 0 Å². The zero-order valence-electron chi connectivity index (χ0n) is 9.28. The van der Waals surface area contributed by atoms with E-state index in [1.54, 1.807) is 0 Å². The van der Waals surface area contributed by atoms with Gasteiger partial charge in [-0.1, -0.05) is 0 Å². The highest BCUT2D eigenvalue weighted by atomic mass is 15.3. The zero-order valence-corrected chi connectivity index (χ0v) is 9.28. The lowest BCUT2D eigenvalue weighted by atomic mass is 10.0. The van der Waals surface area contributed by atoms with Gasteiger partial charge in [0.15, 0.2) is 0 Å². The molecule has 1 unspecified atom stereocenters. The second kappa shape index (κ2) is 4.60. The Labute approximate surface area is 87.2 Å². The maximum atomic E-state index is 5.68. The summed E-state index contributed by atoms with van der Waals surface area (Å²) in [6, 6.07) is 1.65. The van der Waals surface area contributed by atoms with Gasteiger partial charge in [0.05, 0.1) is 0 Å². The van der Waals surface area contributed by atoms with Crippen molar-refractivity contribution < 1.29 is 0 Å². The number of nitrogens with two attached hydrogens (primary N) is 1. The monoisotopic (exact) mass is 197 g/mol. The topological polar surface area (TPSA) is 32.5 Å². The molecule has 0 aromatic rings. The first-order valence-corrected chi connectivity index (χ1v) is 5.95. The first-order chi connectivity index (χ1) is 6.81. The Morgan fingerprint density at radius 2 is 2.07 bits per heavy atom. The smallest absolute Gasteiger partial charge is 0.0226 e. The second-order valence-corrected chi connectivity index (χ2v) is 4.82. The second-order valence-electron chi connectivity index (χ2n) is 4.82. The van der Waals surface area contributed by atoms with Crippen LogP contribution in [0.4, 0.5) is 0 Å². The third kappa shape index (κ3) is 2.47. The van der Waals surface area contributed by atoms with Gasteiger partial charge in [-0.3, -0.25) is 4.90 Å². The molecule has 1 heterocycles. The van der Waals surface area contributed by atoms with Crippen molar-refractivity contribution in [2.75, 3.05) is 33.2 Å². The van der Waals surface area contributed by atoms with Crippen LogP contribution in [-0.2, 0) is 0 Å². The van der Waals surface area contributed by atoms with Gasteiger partial charge in [0.1, 0.15) is 0 Å². The molecule has 1 saturated carbocycles. The highest BCUT2D eigenvalue weighted by Gasteiger charge is 2.34. The molecule has 1 atom stereocenters. The van der Waals surface area contributed by atoms with Crippen molar-refractivity contribution in [3.05, 3.63) is 0 Å². The summed E-state index contributed by atoms with van der Waals surface area (Å²) in [7, 11) is 2.24. The molecular weight excluding hydrogens is 174 g/mol. The van der Waals surface area contributed by atoms with Crippen LogP contribution in [0.3, 0.4) is 0 Å². The lowest BCUT2D eigenvalue weighted by Crippen LogP contribution is -2.49. The minimum atomic E-state index is 0.782. The first-order valence-electron chi connectivity index (χ1n) is 5.95. The van der Waals surface area contributed by atoms with Gasteiger partial charge in [0.2, 0.25) is 0 Å². The van der Waals surface area contributed by atoms with Crippen LogP contribution in [0.1, 0.15) is 25.7 Å². The van der Waals surface area contributed by atoms with Crippen LogP contribution in [0.15, 0.2) is 0 Å². The maximum absolute atomic E-state index is 5.68. The van der Waals surface area contributed by atoms with Crippen molar-refractivity contribution in [2.24, 2.45) is 5.73 Å². The van der Waals surface area contributed by atoms with Gasteiger partial charge < -0.3 is 10.6 Å². The van der Waals surface area contributed by atoms with E-state index < -0.39 is 0 Å². The molecule has 0 aromatic heterocycles. The Hall–Kier alpha value is -0.120. The third-order valence-electron chi connectivity index (χ3n) is 3.47. The minimum Gasteiger partial charge on any atom is -0.329 e. The van der Waals surface area contributed by atoms with E-state index in [9.17, 15) is 0 Å². The van der Waals surface area contributed by atoms with Crippen LogP contribution in [0.25, 0.3) is 0 Å². The van der Waals surface area contributed by atoms with E-state index in [4.69, 9.17) is 5.73 Å². The number of hydrogen-bond donors (Lipinski definition) is 1. The number of likely N-dealkylation sites (tertiary alicyclic amines) is 1. The van der Waals surface area contributed by atoms with E-state index in [2.05, 4.69) is 16.8 Å². The normalized spacial score (nSPS) is 29.8. The molecule has 2 fully saturated rings. The molecule has 3 nitrogen and oxygen atoms in total. The molecule has 0 amide bonds. The van der Waals surface area contributed by atoms with Crippen LogP contribution >= 0.6 is 0 Å². The summed E-state index contributed by atoms with van der Waals surface area (Å²) in [5.74, 6) is 0. The van der Waals surface area contributed by atoms with Gasteiger partial charge in [0, 0.05) is 31.7 Å². The van der Waals surface area contributed by atoms with Crippen molar-refractivity contribution in [1.82, 2.24) is 9.80 Å². The van der Waals surface area contributed by atoms with E-state index in [-0.39, 0.29) is 0 Å². The molecule has 14 heavy (non-hydrogen) atoms. The highest BCUT2D eigenvalue weighted by molar-refractivity contribution is 4.91. The van der Waals surface area contributed by atoms with Gasteiger partial charge in [-0.15, -0.1) is 0 Å². The molecule has 2 rings (SSSR count). The van der Waals surface area contributed by atoms with Crippen molar-refractivity contribution >= 4 is 0 Å². The van der Waals surface area contributed by atoms with Gasteiger partial charge in [-0.2, -0.15) is 0 Å². The van der Waals surface area contributed by atoms with Crippen LogP contribution < -0.4 is 5.73 Å². The molecule has 1 aliphatic heterocycles. The van der Waals surface area contributed by atoms with E-state index in [0.29, 0.717) is 0 Å². The molecule has 3 heteroatoms. The number of rotatable bonds is 4. The molecule has 2 aliphatic rings. The lowest BCUT2D eigenvalue weighted by Gasteiger charge is -2.38. The number of hydrogen-bond acceptors (Lipinski definition) is 3. The summed E-state index contributed by atoms with van der Waals surface area (Å²) < 4.78 is 0. The molecule has 0 aromatic carbocycles. The zero-order chi connectivity index (χ0) is 9.97. The summed E-state index contributed by atoms with van der Waals surface area (Å²) in [4.78, 5) is 5.12. The van der Waals surface area contributed by atoms with Crippen LogP contribution in [-0.4, -0.2) is 55.1 Å². The quantitative estimate of drug-likeness (QED) is 0.712. The highest BCUT2D eigenvalue weighted by Crippen LogP contribution is 2.30. The standard InChI is InChI=1S/C11H23N3/c1-13-7-2-3-11(9-13)14(8-6-12)10-4-5-10/h10-11H,2-9,12H2,1H3. The Kier molecular flexibility index (Phi) is 3.42. The van der Waals surface area contributed by atoms with Gasteiger partial charge in [0.25, 0.3) is 0 Å². The minimum absolute atomic E-state index is 0.782. The maximum Gasteiger partial charge on any atom is 0.0226 e. The average molecular weight is 197 g/mol. The van der Waals surface area contributed by atoms with E-state index in [1.807, 2.05) is 0 Å². The van der Waals surface area contributed by atoms with Gasteiger partial charge >= 0.3 is 0 Å². The molecular formula is C11H23N3. The summed E-state index contributed by atoms with van der Waals surface area (Å²) in [6.07, 6.45) is 5.54. The summed E-state index contributed by atoms with van der Waals surface area (Å²) in [5, 5.41) is 0. The third-order valence-corrected chi connectivity index (χ3v) is 3.47. The fraction of sp³-hybridized carbons (Fsp3) is 1.00. The van der Waals surface area contributed by atoms with Crippen LogP contribution in [0.5, 0.6) is 0 Å². The fourth-order valence-corrected chi connectivity index (χ4v) is 2.63. The summed E-state index contributed by atoms with van der Waals surface area (Å²) in [6.45, 7) is 4.44. The predicted molar refractivity (Wildman–Crippen MR) is 59.3 cm³/mol. The van der Waals surface area contributed by atoms with Crippen molar-refractivity contribution in [3.8, 4) is 0 Å². The molecule has 82 valence electrons. The predicted octanol–water partition coefficient (Wildman–Crippen LogP) is 0.504. The Morgan fingerprint density at radius 3 is 2.64 bits per heavy atom. The summed E-state index contributed by atoms with van der Waals surface area (Å²) >= 11 is 0. The molecule has 1 saturated heterocycles. The number of likely N-dealkylation sites (N-methyl/N-ethyl adjacent to an activating group) is 1. The molecule has 0 bridgehead atoms. The fourth-order valence-electron chi connectivity index (χ4n) is 2.63. The SMILES string of the molecule is CN1CCCC(N(CCN)C2CC2)C1. The Bertz CT molecular complexity index is 179. The molecule has 0 spiro atoms. The molecule has 2 N–H and O–H groups in total. The summed E-state index contributed by atoms with van der Waals surface area (Å²) in [5.41, 5.74) is 5.68. The molecule has 1 aliphatic carbocycles. The van der Waals surface area contributed by atoms with Crippen molar-refractivity contribution in [3.63, 3.8) is 0 Å². The lowest BCUT2D eigenvalue weighted by molar-refractivity contribution is 0.108. The average Bonchev–Trinajstić information content (AvgIpc) is 2.97. The number of piperidine rings is 1. The van der Waals surface area contributed by atoms with Crippen molar-refractivity contribution in [1.29, 1.82) is 0 Å². The Morgan fingerprint density at radius 1 is 1.29 bits per heavy atom. The van der Waals surface area contributed by atoms with E-state index >= 15 is 0 Å². The van der Waals surface area contributed by atoms with Crippen LogP contribution in [0.2, 0.25) is 0 Å². The first kappa shape index (κ1) is 10.4. The molecule has 0 radical (unpaired) electrons. The van der Waals surface area contributed by atoms with Gasteiger partial charge in [-0.05, 0) is 39.3 Å². The van der Waals surface area contributed by atoms with Crippen LogP contribution in [0, 0.1) is 0 Å². The number of nitrogens with zero attached hydrogens (tertiary/aromatic N) is 2. The van der Waals surface area contributed by atoms with E-state index in [1.165, 1.54) is 38.8 Å². The Balaban J connectivity index is 1.88. The largest absolute Gasteiger partial charge is 0.329 e. The van der Waals surface area contributed by atoms with Crippen molar-refractivity contribution in [2.45, 2.75) is 37.8 Å². The van der Waals surface area contributed by atoms with E-state index in [0.717, 1.165) is 25.2 Å².